The molecule has 0 bridgehead atoms. The second-order valence-corrected chi connectivity index (χ2v) is 7.31. The van der Waals surface area contributed by atoms with Crippen molar-refractivity contribution in [2.24, 2.45) is 0 Å². The van der Waals surface area contributed by atoms with Crippen LogP contribution in [0, 0.1) is 0 Å². The predicted octanol–water partition coefficient (Wildman–Crippen LogP) is 3.44. The van der Waals surface area contributed by atoms with Gasteiger partial charge >= 0.3 is 0 Å². The van der Waals surface area contributed by atoms with Gasteiger partial charge in [-0.1, -0.05) is 30.3 Å². The number of rotatable bonds is 4. The number of aliphatic hydroxyl groups excluding tert-OH is 1. The zero-order chi connectivity index (χ0) is 19.6. The molecule has 146 valence electrons. The normalized spacial score (nSPS) is 14.5. The molecule has 1 saturated heterocycles. The number of piperazine rings is 1. The number of aromatic nitrogens is 3. The van der Waals surface area contributed by atoms with Gasteiger partial charge in [-0.2, -0.15) is 0 Å². The van der Waals surface area contributed by atoms with Crippen LogP contribution in [0.1, 0.15) is 5.56 Å². The van der Waals surface area contributed by atoms with Crippen LogP contribution in [0.4, 0.5) is 11.5 Å². The van der Waals surface area contributed by atoms with E-state index >= 15 is 0 Å². The highest BCUT2D eigenvalue weighted by Gasteiger charge is 2.20. The number of hydrogen-bond acceptors (Lipinski definition) is 5. The van der Waals surface area contributed by atoms with Gasteiger partial charge in [0, 0.05) is 54.5 Å². The van der Waals surface area contributed by atoms with Crippen LogP contribution in [-0.4, -0.2) is 46.2 Å². The van der Waals surface area contributed by atoms with Crippen molar-refractivity contribution in [2.75, 3.05) is 36.0 Å². The molecule has 0 unspecified atom stereocenters. The van der Waals surface area contributed by atoms with Crippen LogP contribution in [0.25, 0.3) is 22.2 Å². The zero-order valence-corrected chi connectivity index (χ0v) is 16.1. The summed E-state index contributed by atoms with van der Waals surface area (Å²) >= 11 is 0. The molecule has 3 heterocycles. The maximum absolute atomic E-state index is 9.22. The summed E-state index contributed by atoms with van der Waals surface area (Å²) in [6.45, 7) is 3.75. The second kappa shape index (κ2) is 7.56. The van der Waals surface area contributed by atoms with Gasteiger partial charge in [0.2, 0.25) is 0 Å². The Kier molecular flexibility index (Phi) is 4.62. The molecule has 1 aliphatic heterocycles. The lowest BCUT2D eigenvalue weighted by Crippen LogP contribution is -2.47. The van der Waals surface area contributed by atoms with Crippen molar-refractivity contribution in [3.63, 3.8) is 0 Å². The Morgan fingerprint density at radius 1 is 0.897 bits per heavy atom. The number of fused-ring (bicyclic) bond motifs is 1. The maximum atomic E-state index is 9.22. The first-order chi connectivity index (χ1) is 14.3. The third kappa shape index (κ3) is 3.43. The molecule has 6 heteroatoms. The molecule has 4 aromatic rings. The van der Waals surface area contributed by atoms with Crippen LogP contribution in [-0.2, 0) is 6.61 Å². The van der Waals surface area contributed by atoms with Crippen molar-refractivity contribution in [3.8, 4) is 11.3 Å². The number of aromatic amines is 1. The summed E-state index contributed by atoms with van der Waals surface area (Å²) in [5.41, 5.74) is 5.22. The van der Waals surface area contributed by atoms with Crippen LogP contribution in [0.3, 0.4) is 0 Å². The molecule has 5 rings (SSSR count). The molecule has 0 spiro atoms. The van der Waals surface area contributed by atoms with Gasteiger partial charge in [0.15, 0.2) is 0 Å². The summed E-state index contributed by atoms with van der Waals surface area (Å²) in [6, 6.07) is 16.4. The van der Waals surface area contributed by atoms with Crippen LogP contribution in [0.2, 0.25) is 0 Å². The van der Waals surface area contributed by atoms with Crippen molar-refractivity contribution >= 4 is 22.4 Å². The Balaban J connectivity index is 1.32. The average Bonchev–Trinajstić information content (AvgIpc) is 3.28. The zero-order valence-electron chi connectivity index (χ0n) is 16.1. The highest BCUT2D eigenvalue weighted by molar-refractivity contribution is 5.92. The Bertz CT molecular complexity index is 1110. The lowest BCUT2D eigenvalue weighted by molar-refractivity contribution is 0.282. The predicted molar refractivity (Wildman–Crippen MR) is 116 cm³/mol. The summed E-state index contributed by atoms with van der Waals surface area (Å²) in [4.78, 5) is 17.3. The number of benzene rings is 2. The van der Waals surface area contributed by atoms with Crippen molar-refractivity contribution in [1.29, 1.82) is 0 Å². The van der Waals surface area contributed by atoms with E-state index in [1.807, 2.05) is 36.7 Å². The van der Waals surface area contributed by atoms with E-state index in [1.165, 1.54) is 16.6 Å². The second-order valence-electron chi connectivity index (χ2n) is 7.31. The van der Waals surface area contributed by atoms with Crippen LogP contribution in [0.5, 0.6) is 0 Å². The average molecular weight is 385 g/mol. The smallest absolute Gasteiger partial charge is 0.147 e. The highest BCUT2D eigenvalue weighted by atomic mass is 16.3. The van der Waals surface area contributed by atoms with Crippen molar-refractivity contribution in [3.05, 3.63) is 72.7 Å². The van der Waals surface area contributed by atoms with E-state index in [-0.39, 0.29) is 6.61 Å². The van der Waals surface area contributed by atoms with Crippen molar-refractivity contribution < 1.29 is 5.11 Å². The van der Waals surface area contributed by atoms with E-state index in [0.717, 1.165) is 48.8 Å². The Hall–Kier alpha value is -3.38. The first-order valence-electron chi connectivity index (χ1n) is 9.90. The number of nitrogens with zero attached hydrogens (tertiary/aromatic N) is 4. The summed E-state index contributed by atoms with van der Waals surface area (Å²) in [7, 11) is 0. The molecule has 0 radical (unpaired) electrons. The molecule has 2 aromatic heterocycles. The topological polar surface area (TPSA) is 68.3 Å². The largest absolute Gasteiger partial charge is 0.392 e. The number of anilines is 2. The quantitative estimate of drug-likeness (QED) is 0.563. The van der Waals surface area contributed by atoms with E-state index in [0.29, 0.717) is 0 Å². The molecule has 2 aromatic carbocycles. The monoisotopic (exact) mass is 385 g/mol. The van der Waals surface area contributed by atoms with Crippen LogP contribution < -0.4 is 9.80 Å². The molecule has 0 amide bonds. The minimum Gasteiger partial charge on any atom is -0.392 e. The van der Waals surface area contributed by atoms with E-state index in [1.54, 1.807) is 6.20 Å². The van der Waals surface area contributed by atoms with Crippen LogP contribution in [0.15, 0.2) is 67.1 Å². The van der Waals surface area contributed by atoms with Gasteiger partial charge in [-0.05, 0) is 23.8 Å². The van der Waals surface area contributed by atoms with Gasteiger partial charge in [-0.25, -0.2) is 4.98 Å². The first-order valence-corrected chi connectivity index (χ1v) is 9.90. The maximum Gasteiger partial charge on any atom is 0.147 e. The van der Waals surface area contributed by atoms with E-state index in [4.69, 9.17) is 4.98 Å². The standard InChI is InChI=1S/C23H23N5O/c29-16-17-4-6-18(7-5-17)21-14-24-15-23(26-21)28-12-10-27(11-13-28)22-3-1-2-20-19(22)8-9-25-20/h1-9,14-15,25,29H,10-13,16H2. The molecule has 0 saturated carbocycles. The highest BCUT2D eigenvalue weighted by Crippen LogP contribution is 2.28. The summed E-state index contributed by atoms with van der Waals surface area (Å²) in [6.07, 6.45) is 5.63. The Labute approximate surface area is 169 Å². The van der Waals surface area contributed by atoms with Gasteiger partial charge < -0.3 is 19.9 Å². The van der Waals surface area contributed by atoms with E-state index in [2.05, 4.69) is 44.0 Å². The lowest BCUT2D eigenvalue weighted by atomic mass is 10.1. The number of nitrogens with one attached hydrogen (secondary N) is 1. The number of aliphatic hydroxyl groups is 1. The van der Waals surface area contributed by atoms with Crippen molar-refractivity contribution in [1.82, 2.24) is 15.0 Å². The van der Waals surface area contributed by atoms with E-state index in [9.17, 15) is 5.11 Å². The Morgan fingerprint density at radius 3 is 2.48 bits per heavy atom. The third-order valence-corrected chi connectivity index (χ3v) is 5.57. The molecule has 29 heavy (non-hydrogen) atoms. The summed E-state index contributed by atoms with van der Waals surface area (Å²) < 4.78 is 0. The van der Waals surface area contributed by atoms with Gasteiger partial charge in [-0.15, -0.1) is 0 Å². The molecule has 2 N–H and O–H groups in total. The van der Waals surface area contributed by atoms with Crippen molar-refractivity contribution in [2.45, 2.75) is 6.61 Å². The van der Waals surface area contributed by atoms with Gasteiger partial charge in [-0.3, -0.25) is 4.98 Å². The van der Waals surface area contributed by atoms with Crippen LogP contribution >= 0.6 is 0 Å². The fourth-order valence-electron chi connectivity index (χ4n) is 3.95. The molecular weight excluding hydrogens is 362 g/mol. The molecule has 0 atom stereocenters. The molecule has 1 fully saturated rings. The van der Waals surface area contributed by atoms with Gasteiger partial charge in [0.05, 0.1) is 24.7 Å². The molecule has 6 nitrogen and oxygen atoms in total. The lowest BCUT2D eigenvalue weighted by Gasteiger charge is -2.37. The molecular formula is C23H23N5O. The van der Waals surface area contributed by atoms with Gasteiger partial charge in [0.25, 0.3) is 0 Å². The fraction of sp³-hybridized carbons (Fsp3) is 0.217. The van der Waals surface area contributed by atoms with Gasteiger partial charge in [0.1, 0.15) is 5.82 Å². The molecule has 0 aliphatic carbocycles. The Morgan fingerprint density at radius 2 is 1.69 bits per heavy atom. The number of H-pyrrole nitrogens is 1. The first kappa shape index (κ1) is 17.7. The fourth-order valence-corrected chi connectivity index (χ4v) is 3.95. The number of hydrogen-bond donors (Lipinski definition) is 2. The minimum absolute atomic E-state index is 0.0484. The summed E-state index contributed by atoms with van der Waals surface area (Å²) in [5, 5.41) is 10.5. The minimum atomic E-state index is 0.0484. The molecule has 1 aliphatic rings. The SMILES string of the molecule is OCc1ccc(-c2cncc(N3CCN(c4cccc5[nH]ccc45)CC3)n2)cc1. The summed E-state index contributed by atoms with van der Waals surface area (Å²) in [5.74, 6) is 0.910. The third-order valence-electron chi connectivity index (χ3n) is 5.57. The van der Waals surface area contributed by atoms with E-state index < -0.39 is 0 Å².